The minimum absolute atomic E-state index is 0.0964. The van der Waals surface area contributed by atoms with Gasteiger partial charge in [0.1, 0.15) is 67.1 Å². The number of ether oxygens (including phenoxy) is 7. The van der Waals surface area contributed by atoms with Crippen molar-refractivity contribution in [3.63, 3.8) is 0 Å². The first-order chi connectivity index (χ1) is 29.3. The summed E-state index contributed by atoms with van der Waals surface area (Å²) in [5.41, 5.74) is 31.3. The molecule has 0 aromatic carbocycles. The second kappa shape index (κ2) is 27.0. The lowest BCUT2D eigenvalue weighted by Gasteiger charge is -2.47. The van der Waals surface area contributed by atoms with E-state index in [0.717, 1.165) is 38.8 Å². The fourth-order valence-corrected chi connectivity index (χ4v) is 8.74. The van der Waals surface area contributed by atoms with Gasteiger partial charge in [0.25, 0.3) is 0 Å². The maximum Gasteiger partial charge on any atom is 0.187 e. The van der Waals surface area contributed by atoms with E-state index in [1.54, 1.807) is 0 Å². The summed E-state index contributed by atoms with van der Waals surface area (Å²) in [6.45, 7) is 5.61. The maximum atomic E-state index is 11.5. The first-order valence-electron chi connectivity index (χ1n) is 22.9. The van der Waals surface area contributed by atoms with E-state index in [1.807, 2.05) is 0 Å². The van der Waals surface area contributed by atoms with Gasteiger partial charge in [0.2, 0.25) is 0 Å². The average Bonchev–Trinajstić information content (AvgIpc) is 3.58. The van der Waals surface area contributed by atoms with Crippen LogP contribution in [0, 0.1) is 0 Å². The van der Waals surface area contributed by atoms with Crippen LogP contribution in [0.5, 0.6) is 0 Å². The fourth-order valence-electron chi connectivity index (χ4n) is 8.74. The Bertz CT molecular complexity index is 1170. The Hall–Kier alpha value is -0.800. The molecule has 0 radical (unpaired) electrons. The molecule has 4 rings (SSSR count). The highest BCUT2D eigenvalue weighted by atomic mass is 16.8. The Morgan fingerprint density at radius 2 is 0.984 bits per heavy atom. The fraction of sp³-hybridized carbons (Fsp3) is 1.00. The minimum atomic E-state index is -1.52. The van der Waals surface area contributed by atoms with Gasteiger partial charge < -0.3 is 102 Å². The van der Waals surface area contributed by atoms with Crippen molar-refractivity contribution in [2.24, 2.45) is 28.7 Å². The van der Waals surface area contributed by atoms with Gasteiger partial charge in [-0.25, -0.2) is 0 Å². The predicted molar refractivity (Wildman–Crippen MR) is 223 cm³/mol. The van der Waals surface area contributed by atoms with Gasteiger partial charge in [-0.05, 0) is 32.4 Å². The molecule has 0 unspecified atom stereocenters. The van der Waals surface area contributed by atoms with E-state index in [-0.39, 0.29) is 19.6 Å². The molecule has 0 spiro atoms. The molecule has 61 heavy (non-hydrogen) atoms. The van der Waals surface area contributed by atoms with Gasteiger partial charge in [-0.2, -0.15) is 0 Å². The molecular formula is C41H82N6O14. The summed E-state index contributed by atoms with van der Waals surface area (Å²) in [5, 5.41) is 74.3. The predicted octanol–water partition coefficient (Wildman–Crippen LogP) is -2.81. The van der Waals surface area contributed by atoms with Crippen LogP contribution in [0.4, 0.5) is 0 Å². The van der Waals surface area contributed by atoms with Crippen LogP contribution < -0.4 is 28.7 Å². The SMILES string of the molecule is CCCCCCCCN(CCCCCCCC)CCO[C@H]1[C@H](O[C@@H]2[C@@H](O)[C@H](N)C[C@H](N)[C@H]2O[C@H]2O[C@H](CO)[C@@H](O)[C@H](O)[C@H]2N)O[C@H](CO)[C@H]1O[C@H]1O[C@@H](CN)[C@@H](O)[C@H](O)[C@H]1N. The van der Waals surface area contributed by atoms with Crippen LogP contribution in [0.15, 0.2) is 0 Å². The Morgan fingerprint density at radius 3 is 1.52 bits per heavy atom. The third-order valence-corrected chi connectivity index (χ3v) is 12.7. The summed E-state index contributed by atoms with van der Waals surface area (Å²) >= 11 is 0. The molecule has 4 fully saturated rings. The van der Waals surface area contributed by atoms with Crippen LogP contribution >= 0.6 is 0 Å². The van der Waals surface area contributed by atoms with Gasteiger partial charge in [0, 0.05) is 25.2 Å². The zero-order valence-corrected chi connectivity index (χ0v) is 36.4. The van der Waals surface area contributed by atoms with Crippen LogP contribution in [0.3, 0.4) is 0 Å². The third kappa shape index (κ3) is 14.6. The lowest BCUT2D eigenvalue weighted by Crippen LogP contribution is -2.68. The zero-order valence-electron chi connectivity index (χ0n) is 36.4. The normalized spacial score (nSPS) is 40.9. The van der Waals surface area contributed by atoms with Crippen molar-refractivity contribution in [2.45, 2.75) is 214 Å². The largest absolute Gasteiger partial charge is 0.394 e. The van der Waals surface area contributed by atoms with Crippen LogP contribution in [0.25, 0.3) is 0 Å². The van der Waals surface area contributed by atoms with Gasteiger partial charge >= 0.3 is 0 Å². The van der Waals surface area contributed by atoms with Crippen molar-refractivity contribution in [2.75, 3.05) is 46.0 Å². The highest BCUT2D eigenvalue weighted by Gasteiger charge is 2.55. The highest BCUT2D eigenvalue weighted by Crippen LogP contribution is 2.35. The second-order valence-electron chi connectivity index (χ2n) is 17.4. The van der Waals surface area contributed by atoms with Gasteiger partial charge in [-0.3, -0.25) is 0 Å². The number of hydrogen-bond donors (Lipinski definition) is 12. The topological polar surface area (TPSA) is 340 Å². The molecule has 19 atom stereocenters. The summed E-state index contributed by atoms with van der Waals surface area (Å²) in [6.07, 6.45) is -5.14. The number of rotatable bonds is 27. The van der Waals surface area contributed by atoms with Gasteiger partial charge in [0.15, 0.2) is 18.9 Å². The lowest BCUT2D eigenvalue weighted by molar-refractivity contribution is -0.312. The number of hydrogen-bond acceptors (Lipinski definition) is 20. The average molecular weight is 883 g/mol. The molecule has 4 aliphatic rings. The molecule has 3 heterocycles. The van der Waals surface area contributed by atoms with E-state index in [1.165, 1.54) is 51.4 Å². The standard InChI is InChI=1S/C41H82N6O14/c1-3-5-7-9-11-13-15-47(16-14-12-10-8-6-4-2)17-18-55-38-36(60-39-28(45)33(53)31(51)25(20-42)56-39)27(22-49)58-41(38)61-37-30(50)23(43)19-24(44)35(37)59-40-29(46)34(54)32(52)26(21-48)57-40/h23-41,48-54H,3-22,42-46H2,1-2H3/t23-,24+,25+,26-,27-,28-,29-,30+,31-,32-,33-,34-,35-,36-,37-,38-,39-,40-,41+/m1/s1. The smallest absolute Gasteiger partial charge is 0.187 e. The molecule has 20 nitrogen and oxygen atoms in total. The van der Waals surface area contributed by atoms with Gasteiger partial charge in [-0.1, -0.05) is 78.1 Å². The summed E-state index contributed by atoms with van der Waals surface area (Å²) in [5.74, 6) is 0. The third-order valence-electron chi connectivity index (χ3n) is 12.7. The molecule has 1 aliphatic carbocycles. The molecule has 360 valence electrons. The Labute approximate surface area is 361 Å². The highest BCUT2D eigenvalue weighted by molar-refractivity contribution is 5.02. The van der Waals surface area contributed by atoms with Crippen molar-refractivity contribution >= 4 is 0 Å². The molecule has 20 heteroatoms. The van der Waals surface area contributed by atoms with Crippen molar-refractivity contribution in [1.82, 2.24) is 4.90 Å². The van der Waals surface area contributed by atoms with E-state index in [4.69, 9.17) is 61.8 Å². The van der Waals surface area contributed by atoms with E-state index >= 15 is 0 Å². The minimum Gasteiger partial charge on any atom is -0.394 e. The number of nitrogens with two attached hydrogens (primary N) is 5. The van der Waals surface area contributed by atoms with Crippen LogP contribution in [-0.4, -0.2) is 203 Å². The summed E-state index contributed by atoms with van der Waals surface area (Å²) in [7, 11) is 0. The quantitative estimate of drug-likeness (QED) is 0.0370. The van der Waals surface area contributed by atoms with E-state index in [9.17, 15) is 35.7 Å². The molecule has 0 aromatic heterocycles. The zero-order chi connectivity index (χ0) is 44.6. The van der Waals surface area contributed by atoms with E-state index < -0.39 is 129 Å². The molecular weight excluding hydrogens is 800 g/mol. The van der Waals surface area contributed by atoms with Crippen molar-refractivity contribution in [3.8, 4) is 0 Å². The molecule has 17 N–H and O–H groups in total. The molecule has 0 aromatic rings. The summed E-state index contributed by atoms with van der Waals surface area (Å²) in [4.78, 5) is 2.39. The molecule has 3 aliphatic heterocycles. The van der Waals surface area contributed by atoms with E-state index in [2.05, 4.69) is 18.7 Å². The Balaban J connectivity index is 1.57. The van der Waals surface area contributed by atoms with Crippen LogP contribution in [0.2, 0.25) is 0 Å². The summed E-state index contributed by atoms with van der Waals surface area (Å²) in [6, 6.07) is -4.21. The Kier molecular flexibility index (Phi) is 23.4. The molecule has 1 saturated carbocycles. The van der Waals surface area contributed by atoms with Gasteiger partial charge in [-0.15, -0.1) is 0 Å². The summed E-state index contributed by atoms with van der Waals surface area (Å²) < 4.78 is 43.6. The number of nitrogens with zero attached hydrogens (tertiary/aromatic N) is 1. The van der Waals surface area contributed by atoms with Crippen molar-refractivity contribution in [3.05, 3.63) is 0 Å². The number of aliphatic hydroxyl groups excluding tert-OH is 7. The molecule has 0 amide bonds. The van der Waals surface area contributed by atoms with E-state index in [0.29, 0.717) is 6.54 Å². The number of aliphatic hydroxyl groups is 7. The Morgan fingerprint density at radius 1 is 0.508 bits per heavy atom. The maximum absolute atomic E-state index is 11.5. The van der Waals surface area contributed by atoms with Crippen molar-refractivity contribution in [1.29, 1.82) is 0 Å². The van der Waals surface area contributed by atoms with Crippen LogP contribution in [-0.2, 0) is 33.2 Å². The molecule has 3 saturated heterocycles. The first-order valence-corrected chi connectivity index (χ1v) is 22.9. The monoisotopic (exact) mass is 883 g/mol. The lowest BCUT2D eigenvalue weighted by atomic mass is 9.84. The van der Waals surface area contributed by atoms with Crippen molar-refractivity contribution < 1.29 is 68.9 Å². The van der Waals surface area contributed by atoms with Gasteiger partial charge in [0.05, 0.1) is 38.0 Å². The van der Waals surface area contributed by atoms with Crippen LogP contribution in [0.1, 0.15) is 97.3 Å². The first kappa shape index (κ1) is 52.8. The molecule has 0 bridgehead atoms. The number of unbranched alkanes of at least 4 members (excludes halogenated alkanes) is 10. The second-order valence-corrected chi connectivity index (χ2v) is 17.4.